The van der Waals surface area contributed by atoms with Crippen LogP contribution in [-0.2, 0) is 4.79 Å². The van der Waals surface area contributed by atoms with Crippen LogP contribution < -0.4 is 5.32 Å². The molecule has 0 aromatic heterocycles. The zero-order valence-electron chi connectivity index (χ0n) is 12.8. The van der Waals surface area contributed by atoms with Crippen molar-refractivity contribution >= 4 is 63.5 Å². The maximum atomic E-state index is 12.1. The summed E-state index contributed by atoms with van der Waals surface area (Å²) in [7, 11) is 0. The number of nitro groups is 1. The quantitative estimate of drug-likeness (QED) is 0.441. The van der Waals surface area contributed by atoms with Crippen LogP contribution in [0.1, 0.15) is 5.56 Å². The van der Waals surface area contributed by atoms with Gasteiger partial charge in [-0.05, 0) is 47.7 Å². The van der Waals surface area contributed by atoms with E-state index in [-0.39, 0.29) is 5.91 Å². The van der Waals surface area contributed by atoms with Gasteiger partial charge < -0.3 is 10.4 Å². The number of carbonyl (C=O) groups is 1. The Balaban J connectivity index is 1.86. The largest absolute Gasteiger partial charge is 0.502 e. The van der Waals surface area contributed by atoms with Crippen LogP contribution in [0.25, 0.3) is 6.08 Å². The van der Waals surface area contributed by atoms with Crippen LogP contribution in [0, 0.1) is 10.1 Å². The molecule has 1 fully saturated rings. The zero-order chi connectivity index (χ0) is 18.8. The van der Waals surface area contributed by atoms with E-state index in [1.807, 2.05) is 0 Å². The second kappa shape index (κ2) is 7.36. The molecule has 2 aromatic rings. The highest BCUT2D eigenvalue weighted by atomic mass is 35.5. The second-order valence-electron chi connectivity index (χ2n) is 5.09. The number of phenolic OH excluding ortho intramolecular Hbond substituents is 1. The molecule has 0 atom stereocenters. The highest BCUT2D eigenvalue weighted by Crippen LogP contribution is 2.32. The number of thioether (sulfide) groups is 1. The molecule has 1 aliphatic rings. The van der Waals surface area contributed by atoms with E-state index in [0.717, 1.165) is 11.8 Å². The van der Waals surface area contributed by atoms with Crippen molar-refractivity contribution in [3.63, 3.8) is 0 Å². The molecule has 0 unspecified atom stereocenters. The molecule has 132 valence electrons. The number of amidine groups is 1. The van der Waals surface area contributed by atoms with Crippen molar-refractivity contribution in [1.29, 1.82) is 0 Å². The molecule has 1 amide bonds. The van der Waals surface area contributed by atoms with Gasteiger partial charge in [-0.25, -0.2) is 4.99 Å². The van der Waals surface area contributed by atoms with Crippen molar-refractivity contribution in [2.24, 2.45) is 4.99 Å². The molecule has 0 saturated carbocycles. The van der Waals surface area contributed by atoms with Gasteiger partial charge in [0.1, 0.15) is 0 Å². The Kier molecular flexibility index (Phi) is 5.17. The summed E-state index contributed by atoms with van der Waals surface area (Å²) in [5, 5.41) is 24.0. The summed E-state index contributed by atoms with van der Waals surface area (Å²) >= 11 is 12.9. The fourth-order valence-electron chi connectivity index (χ4n) is 2.08. The smallest absolute Gasteiger partial charge is 0.311 e. The van der Waals surface area contributed by atoms with Gasteiger partial charge in [-0.2, -0.15) is 0 Å². The molecular formula is C16H9Cl2N3O4S. The van der Waals surface area contributed by atoms with E-state index in [2.05, 4.69) is 10.3 Å². The summed E-state index contributed by atoms with van der Waals surface area (Å²) in [6.07, 6.45) is 1.48. The van der Waals surface area contributed by atoms with Crippen LogP contribution in [0.4, 0.5) is 11.4 Å². The van der Waals surface area contributed by atoms with Gasteiger partial charge in [0.05, 0.1) is 25.6 Å². The van der Waals surface area contributed by atoms with Crippen molar-refractivity contribution in [2.75, 3.05) is 0 Å². The average molecular weight is 410 g/mol. The fourth-order valence-corrected chi connectivity index (χ4v) is 3.21. The predicted molar refractivity (Wildman–Crippen MR) is 102 cm³/mol. The summed E-state index contributed by atoms with van der Waals surface area (Å²) in [5.74, 6) is -0.827. The minimum absolute atomic E-state index is 0.309. The number of nitrogens with zero attached hydrogens (tertiary/aromatic N) is 2. The van der Waals surface area contributed by atoms with Gasteiger partial charge in [-0.1, -0.05) is 29.3 Å². The first-order chi connectivity index (χ1) is 12.3. The number of nitro benzene ring substituents is 1. The number of rotatable bonds is 3. The van der Waals surface area contributed by atoms with Crippen molar-refractivity contribution in [1.82, 2.24) is 5.32 Å². The lowest BCUT2D eigenvalue weighted by atomic mass is 10.1. The minimum atomic E-state index is -0.698. The number of phenols is 1. The van der Waals surface area contributed by atoms with Gasteiger partial charge in [0.15, 0.2) is 10.9 Å². The minimum Gasteiger partial charge on any atom is -0.502 e. The Hall–Kier alpha value is -2.55. The molecule has 0 spiro atoms. The number of halogens is 2. The average Bonchev–Trinajstić information content (AvgIpc) is 2.92. The SMILES string of the molecule is O=C1NC(=Nc2ccc(Cl)c(Cl)c2)S/C1=C\c1ccc(O)c([N+](=O)[O-])c1. The van der Waals surface area contributed by atoms with Gasteiger partial charge >= 0.3 is 5.69 Å². The maximum Gasteiger partial charge on any atom is 0.311 e. The molecule has 1 aliphatic heterocycles. The highest BCUT2D eigenvalue weighted by Gasteiger charge is 2.24. The summed E-state index contributed by atoms with van der Waals surface area (Å²) < 4.78 is 0. The second-order valence-corrected chi connectivity index (χ2v) is 6.93. The molecule has 7 nitrogen and oxygen atoms in total. The van der Waals surface area contributed by atoms with Crippen molar-refractivity contribution < 1.29 is 14.8 Å². The molecule has 3 rings (SSSR count). The third-order valence-electron chi connectivity index (χ3n) is 3.28. The van der Waals surface area contributed by atoms with E-state index in [4.69, 9.17) is 23.2 Å². The molecule has 0 bridgehead atoms. The van der Waals surface area contributed by atoms with Gasteiger partial charge in [0, 0.05) is 6.07 Å². The lowest BCUT2D eigenvalue weighted by Crippen LogP contribution is -2.19. The van der Waals surface area contributed by atoms with Crippen LogP contribution in [0.5, 0.6) is 5.75 Å². The number of hydrogen-bond acceptors (Lipinski definition) is 6. The van der Waals surface area contributed by atoms with Crippen molar-refractivity contribution in [3.8, 4) is 5.75 Å². The molecule has 10 heteroatoms. The third-order valence-corrected chi connectivity index (χ3v) is 4.93. The molecule has 2 N–H and O–H groups in total. The van der Waals surface area contributed by atoms with E-state index in [0.29, 0.717) is 31.4 Å². The van der Waals surface area contributed by atoms with Crippen LogP contribution in [-0.4, -0.2) is 21.1 Å². The molecule has 26 heavy (non-hydrogen) atoms. The highest BCUT2D eigenvalue weighted by molar-refractivity contribution is 8.18. The summed E-state index contributed by atoms with van der Waals surface area (Å²) in [5.41, 5.74) is 0.485. The monoisotopic (exact) mass is 409 g/mol. The topological polar surface area (TPSA) is 105 Å². The summed E-state index contributed by atoms with van der Waals surface area (Å²) in [4.78, 5) is 26.8. The number of aliphatic imine (C=N–C) groups is 1. The fraction of sp³-hybridized carbons (Fsp3) is 0. The first kappa shape index (κ1) is 18.2. The van der Waals surface area contributed by atoms with E-state index < -0.39 is 16.4 Å². The molecule has 2 aromatic carbocycles. The van der Waals surface area contributed by atoms with Crippen LogP contribution >= 0.6 is 35.0 Å². The lowest BCUT2D eigenvalue weighted by Gasteiger charge is -1.99. The van der Waals surface area contributed by atoms with E-state index >= 15 is 0 Å². The van der Waals surface area contributed by atoms with Gasteiger partial charge in [0.2, 0.25) is 0 Å². The van der Waals surface area contributed by atoms with Crippen molar-refractivity contribution in [2.45, 2.75) is 0 Å². The summed E-state index contributed by atoms with van der Waals surface area (Å²) in [6.45, 7) is 0. The number of benzene rings is 2. The number of carbonyl (C=O) groups excluding carboxylic acids is 1. The zero-order valence-corrected chi connectivity index (χ0v) is 15.1. The Morgan fingerprint density at radius 1 is 1.19 bits per heavy atom. The van der Waals surface area contributed by atoms with Gasteiger partial charge in [-0.15, -0.1) is 0 Å². The predicted octanol–water partition coefficient (Wildman–Crippen LogP) is 4.50. The third kappa shape index (κ3) is 3.98. The van der Waals surface area contributed by atoms with Crippen molar-refractivity contribution in [3.05, 3.63) is 67.0 Å². The first-order valence-corrected chi connectivity index (χ1v) is 8.63. The van der Waals surface area contributed by atoms with Crippen LogP contribution in [0.15, 0.2) is 46.3 Å². The normalized spacial score (nSPS) is 16.9. The maximum absolute atomic E-state index is 12.1. The van der Waals surface area contributed by atoms with Crippen LogP contribution in [0.2, 0.25) is 10.0 Å². The number of nitrogens with one attached hydrogen (secondary N) is 1. The first-order valence-electron chi connectivity index (χ1n) is 7.05. The Morgan fingerprint density at radius 3 is 2.65 bits per heavy atom. The number of amides is 1. The summed E-state index contributed by atoms with van der Waals surface area (Å²) in [6, 6.07) is 8.67. The molecule has 0 aliphatic carbocycles. The Labute approximate surface area is 161 Å². The Bertz CT molecular complexity index is 991. The van der Waals surface area contributed by atoms with E-state index in [1.165, 1.54) is 24.3 Å². The van der Waals surface area contributed by atoms with Gasteiger partial charge in [0.25, 0.3) is 5.91 Å². The molecule has 0 radical (unpaired) electrons. The number of aromatic hydroxyl groups is 1. The lowest BCUT2D eigenvalue weighted by molar-refractivity contribution is -0.385. The van der Waals surface area contributed by atoms with Crippen LogP contribution in [0.3, 0.4) is 0 Å². The molecular weight excluding hydrogens is 401 g/mol. The Morgan fingerprint density at radius 2 is 1.96 bits per heavy atom. The standard InChI is InChI=1S/C16H9Cl2N3O4S/c17-10-3-2-9(7-11(10)18)19-16-20-15(23)14(26-16)6-8-1-4-13(22)12(5-8)21(24)25/h1-7,22H,(H,19,20,23)/b14-6-. The van der Waals surface area contributed by atoms with E-state index in [1.54, 1.807) is 18.2 Å². The molecule has 1 saturated heterocycles. The number of hydrogen-bond donors (Lipinski definition) is 2. The van der Waals surface area contributed by atoms with Gasteiger partial charge in [-0.3, -0.25) is 14.9 Å². The van der Waals surface area contributed by atoms with E-state index in [9.17, 15) is 20.0 Å². The molecule has 1 heterocycles.